The molecule has 0 radical (unpaired) electrons. The van der Waals surface area contributed by atoms with Gasteiger partial charge in [0.25, 0.3) is 0 Å². The highest BCUT2D eigenvalue weighted by atomic mass is 16.1. The molecular weight excluding hydrogens is 374 g/mol. The zero-order valence-corrected chi connectivity index (χ0v) is 18.3. The first-order valence-electron chi connectivity index (χ1n) is 10.5. The number of hydrogen-bond donors (Lipinski definition) is 1. The van der Waals surface area contributed by atoms with Crippen molar-refractivity contribution in [3.8, 4) is 11.1 Å². The number of carbonyl (C=O) groups excluding carboxylic acids is 1. The molecule has 0 saturated carbocycles. The second-order valence-electron chi connectivity index (χ2n) is 8.23. The van der Waals surface area contributed by atoms with Gasteiger partial charge in [0.15, 0.2) is 5.82 Å². The van der Waals surface area contributed by atoms with Crippen LogP contribution in [0.25, 0.3) is 11.1 Å². The van der Waals surface area contributed by atoms with Crippen LogP contribution < -0.4 is 0 Å². The van der Waals surface area contributed by atoms with Crippen LogP contribution in [0.3, 0.4) is 0 Å². The molecule has 0 bridgehead atoms. The Morgan fingerprint density at radius 1 is 1.00 bits per heavy atom. The molecule has 158 valence electrons. The minimum atomic E-state index is -0.0892. The number of aromatic amines is 1. The number of aromatic nitrogens is 4. The van der Waals surface area contributed by atoms with Crippen LogP contribution in [0.15, 0.2) is 48.5 Å². The molecule has 0 amide bonds. The summed E-state index contributed by atoms with van der Waals surface area (Å²) in [6.45, 7) is 4.70. The average Bonchev–Trinajstić information content (AvgIpc) is 3.26. The zero-order chi connectivity index (χ0) is 21.5. The summed E-state index contributed by atoms with van der Waals surface area (Å²) in [5.41, 5.74) is 4.86. The van der Waals surface area contributed by atoms with Gasteiger partial charge in [-0.05, 0) is 66.5 Å². The van der Waals surface area contributed by atoms with Crippen LogP contribution in [0.4, 0.5) is 0 Å². The Labute approximate surface area is 178 Å². The number of nitrogens with zero attached hydrogens (tertiary/aromatic N) is 4. The quantitative estimate of drug-likeness (QED) is 0.545. The van der Waals surface area contributed by atoms with Gasteiger partial charge >= 0.3 is 0 Å². The summed E-state index contributed by atoms with van der Waals surface area (Å²) in [6.07, 6.45) is 2.51. The molecule has 0 aliphatic rings. The summed E-state index contributed by atoms with van der Waals surface area (Å²) in [6, 6.07) is 17.3. The Morgan fingerprint density at radius 3 is 2.07 bits per heavy atom. The van der Waals surface area contributed by atoms with Gasteiger partial charge in [0.2, 0.25) is 0 Å². The van der Waals surface area contributed by atoms with E-state index >= 15 is 0 Å². The predicted octanol–water partition coefficient (Wildman–Crippen LogP) is 4.26. The number of nitrogens with one attached hydrogen (secondary N) is 1. The van der Waals surface area contributed by atoms with Crippen LogP contribution in [0.1, 0.15) is 49.6 Å². The van der Waals surface area contributed by atoms with E-state index in [9.17, 15) is 4.79 Å². The Kier molecular flexibility index (Phi) is 7.46. The van der Waals surface area contributed by atoms with Crippen molar-refractivity contribution in [1.29, 1.82) is 0 Å². The number of benzene rings is 2. The van der Waals surface area contributed by atoms with E-state index in [1.165, 1.54) is 22.3 Å². The monoisotopic (exact) mass is 405 g/mol. The van der Waals surface area contributed by atoms with Gasteiger partial charge < -0.3 is 4.90 Å². The lowest BCUT2D eigenvalue weighted by atomic mass is 9.81. The molecule has 6 nitrogen and oxygen atoms in total. The smallest absolute Gasteiger partial charge is 0.152 e. The Morgan fingerprint density at radius 2 is 1.60 bits per heavy atom. The first-order valence-corrected chi connectivity index (χ1v) is 10.5. The molecule has 0 aliphatic heterocycles. The fourth-order valence-electron chi connectivity index (χ4n) is 4.01. The van der Waals surface area contributed by atoms with Gasteiger partial charge in [-0.2, -0.15) is 0 Å². The first-order chi connectivity index (χ1) is 14.5. The molecule has 0 spiro atoms. The topological polar surface area (TPSA) is 74.8 Å². The van der Waals surface area contributed by atoms with E-state index in [1.54, 1.807) is 6.92 Å². The van der Waals surface area contributed by atoms with Gasteiger partial charge in [0.1, 0.15) is 5.78 Å². The highest BCUT2D eigenvalue weighted by molar-refractivity contribution is 5.79. The van der Waals surface area contributed by atoms with Crippen LogP contribution in [0.2, 0.25) is 0 Å². The molecule has 1 heterocycles. The first kappa shape index (κ1) is 21.8. The molecule has 2 atom stereocenters. The SMILES string of the molecule is CCC[C@H](C(C)=O)[C@H](Cc1ccc(-c2ccc(CN(C)C)cc2)cc1)c1nnn[nH]1. The molecule has 1 aromatic heterocycles. The minimum absolute atomic E-state index is 0.0476. The lowest BCUT2D eigenvalue weighted by Crippen LogP contribution is -2.23. The third-order valence-electron chi connectivity index (χ3n) is 5.52. The predicted molar refractivity (Wildman–Crippen MR) is 119 cm³/mol. The molecular formula is C24H31N5O. The average molecular weight is 406 g/mol. The Balaban J connectivity index is 1.77. The van der Waals surface area contributed by atoms with Crippen molar-refractivity contribution in [3.05, 3.63) is 65.5 Å². The third-order valence-corrected chi connectivity index (χ3v) is 5.52. The van der Waals surface area contributed by atoms with E-state index in [0.717, 1.165) is 25.8 Å². The molecule has 3 aromatic rings. The van der Waals surface area contributed by atoms with Gasteiger partial charge in [-0.15, -0.1) is 5.10 Å². The van der Waals surface area contributed by atoms with Crippen LogP contribution in [-0.4, -0.2) is 45.4 Å². The van der Waals surface area contributed by atoms with E-state index in [2.05, 4.69) is 95.1 Å². The fourth-order valence-corrected chi connectivity index (χ4v) is 4.01. The van der Waals surface area contributed by atoms with Gasteiger partial charge in [-0.3, -0.25) is 4.79 Å². The van der Waals surface area contributed by atoms with Gasteiger partial charge in [-0.25, -0.2) is 5.10 Å². The number of tetrazole rings is 1. The van der Waals surface area contributed by atoms with Crippen molar-refractivity contribution in [1.82, 2.24) is 25.5 Å². The lowest BCUT2D eigenvalue weighted by molar-refractivity contribution is -0.121. The van der Waals surface area contributed by atoms with Crippen molar-refractivity contribution in [3.63, 3.8) is 0 Å². The van der Waals surface area contributed by atoms with Crippen molar-refractivity contribution in [2.24, 2.45) is 5.92 Å². The highest BCUT2D eigenvalue weighted by Gasteiger charge is 2.29. The van der Waals surface area contributed by atoms with E-state index in [4.69, 9.17) is 0 Å². The second-order valence-corrected chi connectivity index (χ2v) is 8.23. The van der Waals surface area contributed by atoms with E-state index in [-0.39, 0.29) is 17.6 Å². The van der Waals surface area contributed by atoms with Crippen molar-refractivity contribution in [2.45, 2.75) is 45.6 Å². The van der Waals surface area contributed by atoms with Crippen LogP contribution in [0.5, 0.6) is 0 Å². The molecule has 30 heavy (non-hydrogen) atoms. The maximum Gasteiger partial charge on any atom is 0.152 e. The molecule has 3 rings (SSSR count). The Bertz CT molecular complexity index is 917. The number of carbonyl (C=O) groups is 1. The van der Waals surface area contributed by atoms with Crippen LogP contribution in [-0.2, 0) is 17.8 Å². The van der Waals surface area contributed by atoms with E-state index in [1.807, 2.05) is 0 Å². The number of Topliss-reactive ketones (excluding diaryl/α,β-unsaturated/α-hetero) is 1. The molecule has 0 fully saturated rings. The highest BCUT2D eigenvalue weighted by Crippen LogP contribution is 2.31. The minimum Gasteiger partial charge on any atom is -0.305 e. The lowest BCUT2D eigenvalue weighted by Gasteiger charge is -2.23. The normalized spacial score (nSPS) is 13.4. The van der Waals surface area contributed by atoms with Gasteiger partial charge in [0.05, 0.1) is 0 Å². The fraction of sp³-hybridized carbons (Fsp3) is 0.417. The van der Waals surface area contributed by atoms with Crippen LogP contribution in [0, 0.1) is 5.92 Å². The number of H-pyrrole nitrogens is 1. The number of rotatable bonds is 10. The molecule has 0 aliphatic carbocycles. The summed E-state index contributed by atoms with van der Waals surface area (Å²) >= 11 is 0. The van der Waals surface area contributed by atoms with Crippen molar-refractivity contribution in [2.75, 3.05) is 14.1 Å². The molecule has 0 saturated heterocycles. The summed E-state index contributed by atoms with van der Waals surface area (Å²) in [5.74, 6) is 0.735. The Hall–Kier alpha value is -2.86. The second kappa shape index (κ2) is 10.3. The summed E-state index contributed by atoms with van der Waals surface area (Å²) < 4.78 is 0. The van der Waals surface area contributed by atoms with Gasteiger partial charge in [0, 0.05) is 18.4 Å². The molecule has 0 unspecified atom stereocenters. The standard InChI is InChI=1S/C24H31N5O/c1-5-6-22(17(2)30)23(24-25-27-28-26-24)15-18-7-11-20(12-8-18)21-13-9-19(10-14-21)16-29(3)4/h7-14,22-23H,5-6,15-16H2,1-4H3,(H,25,26,27,28)/t22-,23+/m1/s1. The maximum atomic E-state index is 12.3. The largest absolute Gasteiger partial charge is 0.305 e. The van der Waals surface area contributed by atoms with E-state index in [0.29, 0.717) is 5.82 Å². The van der Waals surface area contributed by atoms with Crippen molar-refractivity contribution >= 4 is 5.78 Å². The summed E-state index contributed by atoms with van der Waals surface area (Å²) in [5, 5.41) is 14.5. The molecule has 6 heteroatoms. The van der Waals surface area contributed by atoms with Crippen molar-refractivity contribution < 1.29 is 4.79 Å². The summed E-state index contributed by atoms with van der Waals surface area (Å²) in [7, 11) is 4.15. The number of ketones is 1. The number of hydrogen-bond acceptors (Lipinski definition) is 5. The summed E-state index contributed by atoms with van der Waals surface area (Å²) in [4.78, 5) is 14.5. The van der Waals surface area contributed by atoms with Gasteiger partial charge in [-0.1, -0.05) is 61.9 Å². The van der Waals surface area contributed by atoms with E-state index < -0.39 is 0 Å². The molecule has 1 N–H and O–H groups in total. The maximum absolute atomic E-state index is 12.3. The molecule has 2 aromatic carbocycles. The zero-order valence-electron chi connectivity index (χ0n) is 18.3. The third kappa shape index (κ3) is 5.60. The van der Waals surface area contributed by atoms with Crippen LogP contribution >= 0.6 is 0 Å².